The molecular weight excluding hydrogens is 376 g/mol. The molecule has 3 nitrogen and oxygen atoms in total. The van der Waals surface area contributed by atoms with Crippen molar-refractivity contribution in [2.24, 2.45) is 0 Å². The molecule has 0 saturated carbocycles. The van der Waals surface area contributed by atoms with E-state index >= 15 is 0 Å². The summed E-state index contributed by atoms with van der Waals surface area (Å²) in [5, 5.41) is 0. The minimum atomic E-state index is -1.60. The molecule has 0 heterocycles. The molecule has 0 bridgehead atoms. The molecule has 0 aliphatic carbocycles. The Balaban J connectivity index is 0. The van der Waals surface area contributed by atoms with Gasteiger partial charge in [0.2, 0.25) is 0 Å². The van der Waals surface area contributed by atoms with Gasteiger partial charge < -0.3 is 13.9 Å². The maximum atomic E-state index is 9.12. The Hall–Kier alpha value is 1.25. The van der Waals surface area contributed by atoms with Crippen molar-refractivity contribution in [3.05, 3.63) is 0 Å². The fourth-order valence-electron chi connectivity index (χ4n) is 0.611. The predicted molar refractivity (Wildman–Crippen MR) is 50.9 cm³/mol. The van der Waals surface area contributed by atoms with Crippen molar-refractivity contribution >= 4 is 8.60 Å². The standard InChI is InChI=1S/C8H19O3P.Hg/c1-3-5-7-10-12(9)11-8-6-4-2;/h9H,3-8H2,1-2H3;. The molecule has 13 heavy (non-hydrogen) atoms. The van der Waals surface area contributed by atoms with Gasteiger partial charge in [0.25, 0.3) is 0 Å². The summed E-state index contributed by atoms with van der Waals surface area (Å²) in [7, 11) is -1.60. The number of hydrogen-bond acceptors (Lipinski definition) is 3. The molecule has 0 unspecified atom stereocenters. The number of unbranched alkanes of at least 4 members (excludes halogenated alkanes) is 2. The van der Waals surface area contributed by atoms with E-state index in [0.717, 1.165) is 25.7 Å². The average molecular weight is 395 g/mol. The maximum Gasteiger partial charge on any atom is 0.329 e. The van der Waals surface area contributed by atoms with Crippen LogP contribution < -0.4 is 0 Å². The van der Waals surface area contributed by atoms with Crippen molar-refractivity contribution in [2.45, 2.75) is 39.5 Å². The third-order valence-electron chi connectivity index (χ3n) is 1.40. The Labute approximate surface area is 103 Å². The van der Waals surface area contributed by atoms with Crippen LogP contribution in [-0.4, -0.2) is 18.1 Å². The molecule has 0 atom stereocenters. The van der Waals surface area contributed by atoms with Gasteiger partial charge in [0.05, 0.1) is 13.2 Å². The molecule has 5 heteroatoms. The van der Waals surface area contributed by atoms with Gasteiger partial charge in [0.1, 0.15) is 0 Å². The number of rotatable bonds is 8. The van der Waals surface area contributed by atoms with Gasteiger partial charge in [-0.15, -0.1) is 0 Å². The smallest absolute Gasteiger partial charge is 0.328 e. The van der Waals surface area contributed by atoms with Crippen molar-refractivity contribution in [2.75, 3.05) is 13.2 Å². The van der Waals surface area contributed by atoms with Crippen molar-refractivity contribution in [3.63, 3.8) is 0 Å². The van der Waals surface area contributed by atoms with Crippen LogP contribution in [0.3, 0.4) is 0 Å². The quantitative estimate of drug-likeness (QED) is 0.391. The van der Waals surface area contributed by atoms with Crippen molar-refractivity contribution < 1.29 is 41.6 Å². The van der Waals surface area contributed by atoms with Crippen LogP contribution in [0.2, 0.25) is 0 Å². The van der Waals surface area contributed by atoms with Gasteiger partial charge in [-0.1, -0.05) is 26.7 Å². The maximum absolute atomic E-state index is 9.12. The second-order valence-electron chi connectivity index (χ2n) is 2.61. The Bertz CT molecular complexity index is 85.5. The number of hydrogen-bond donors (Lipinski definition) is 1. The minimum Gasteiger partial charge on any atom is -0.328 e. The topological polar surface area (TPSA) is 38.7 Å². The second-order valence-corrected chi connectivity index (χ2v) is 3.60. The molecule has 0 saturated heterocycles. The summed E-state index contributed by atoms with van der Waals surface area (Å²) in [5.41, 5.74) is 0. The van der Waals surface area contributed by atoms with Gasteiger partial charge in [0.15, 0.2) is 0 Å². The van der Waals surface area contributed by atoms with Crippen LogP contribution in [0, 0.1) is 0 Å². The van der Waals surface area contributed by atoms with E-state index in [0.29, 0.717) is 13.2 Å². The van der Waals surface area contributed by atoms with Crippen LogP contribution in [0.25, 0.3) is 0 Å². The summed E-state index contributed by atoms with van der Waals surface area (Å²) in [6, 6.07) is 0. The molecule has 0 aliphatic rings. The molecule has 0 aromatic heterocycles. The average Bonchev–Trinajstić information content (AvgIpc) is 2.06. The van der Waals surface area contributed by atoms with E-state index in [1.807, 2.05) is 0 Å². The van der Waals surface area contributed by atoms with E-state index in [1.165, 1.54) is 0 Å². The van der Waals surface area contributed by atoms with Crippen LogP contribution in [0.5, 0.6) is 0 Å². The van der Waals surface area contributed by atoms with Crippen molar-refractivity contribution in [1.82, 2.24) is 0 Å². The summed E-state index contributed by atoms with van der Waals surface area (Å²) in [6.45, 7) is 5.37. The Morgan fingerprint density at radius 2 is 1.38 bits per heavy atom. The summed E-state index contributed by atoms with van der Waals surface area (Å²) < 4.78 is 10.1. The monoisotopic (exact) mass is 396 g/mol. The summed E-state index contributed by atoms with van der Waals surface area (Å²) in [4.78, 5) is 9.12. The Kier molecular flexibility index (Phi) is 17.0. The molecule has 0 amide bonds. The molecule has 0 spiro atoms. The molecule has 1 N–H and O–H groups in total. The largest absolute Gasteiger partial charge is 0.329 e. The van der Waals surface area contributed by atoms with Crippen molar-refractivity contribution in [1.29, 1.82) is 0 Å². The Morgan fingerprint density at radius 1 is 1.00 bits per heavy atom. The molecule has 76 valence electrons. The molecule has 0 aliphatic heterocycles. The van der Waals surface area contributed by atoms with Gasteiger partial charge in [-0.05, 0) is 12.8 Å². The van der Waals surface area contributed by atoms with Crippen molar-refractivity contribution in [3.8, 4) is 0 Å². The Morgan fingerprint density at radius 3 is 1.69 bits per heavy atom. The van der Waals surface area contributed by atoms with Gasteiger partial charge in [-0.3, -0.25) is 0 Å². The third kappa shape index (κ3) is 13.2. The van der Waals surface area contributed by atoms with Crippen LogP contribution >= 0.6 is 8.60 Å². The van der Waals surface area contributed by atoms with Gasteiger partial charge >= 0.3 is 8.60 Å². The SMILES string of the molecule is CCCCOP(O)OCCCC.[Hg]. The molecule has 0 rings (SSSR count). The molecule has 0 aromatic rings. The van der Waals surface area contributed by atoms with E-state index in [9.17, 15) is 0 Å². The van der Waals surface area contributed by atoms with Crippen LogP contribution in [-0.2, 0) is 36.7 Å². The van der Waals surface area contributed by atoms with Gasteiger partial charge in [0, 0.05) is 27.7 Å². The van der Waals surface area contributed by atoms with E-state index in [2.05, 4.69) is 13.8 Å². The normalized spacial score (nSPS) is 10.2. The van der Waals surface area contributed by atoms with E-state index in [1.54, 1.807) is 0 Å². The zero-order valence-electron chi connectivity index (χ0n) is 8.66. The predicted octanol–water partition coefficient (Wildman–Crippen LogP) is 2.84. The van der Waals surface area contributed by atoms with Crippen LogP contribution in [0.4, 0.5) is 0 Å². The summed E-state index contributed by atoms with van der Waals surface area (Å²) in [5.74, 6) is 0. The first-order chi connectivity index (χ1) is 5.81. The van der Waals surface area contributed by atoms with Gasteiger partial charge in [-0.25, -0.2) is 0 Å². The third-order valence-corrected chi connectivity index (χ3v) is 2.21. The molecule has 0 aromatic carbocycles. The van der Waals surface area contributed by atoms with Gasteiger partial charge in [-0.2, -0.15) is 0 Å². The second kappa shape index (κ2) is 13.2. The van der Waals surface area contributed by atoms with E-state index in [-0.39, 0.29) is 27.7 Å². The molecular formula is C8H19HgO3P. The fourth-order valence-corrected chi connectivity index (χ4v) is 1.26. The summed E-state index contributed by atoms with van der Waals surface area (Å²) in [6.07, 6.45) is 4.13. The first-order valence-corrected chi connectivity index (χ1v) is 5.69. The van der Waals surface area contributed by atoms with E-state index < -0.39 is 8.60 Å². The first-order valence-electron chi connectivity index (χ1n) is 4.56. The fraction of sp³-hybridized carbons (Fsp3) is 1.00. The van der Waals surface area contributed by atoms with Crippen LogP contribution in [0.1, 0.15) is 39.5 Å². The van der Waals surface area contributed by atoms with E-state index in [4.69, 9.17) is 13.9 Å². The zero-order chi connectivity index (χ0) is 9.23. The minimum absolute atomic E-state index is 0. The molecule has 0 fully saturated rings. The first kappa shape index (κ1) is 16.7. The molecule has 0 radical (unpaired) electrons. The zero-order valence-corrected chi connectivity index (χ0v) is 15.1. The summed E-state index contributed by atoms with van der Waals surface area (Å²) >= 11 is 0. The van der Waals surface area contributed by atoms with Crippen LogP contribution in [0.15, 0.2) is 0 Å².